The van der Waals surface area contributed by atoms with Gasteiger partial charge in [0.25, 0.3) is 0 Å². The number of hydrogen-bond acceptors (Lipinski definition) is 4. The Labute approximate surface area is 126 Å². The molecule has 108 valence electrons. The van der Waals surface area contributed by atoms with Gasteiger partial charge in [-0.3, -0.25) is 0 Å². The zero-order valence-electron chi connectivity index (χ0n) is 9.86. The van der Waals surface area contributed by atoms with Crippen molar-refractivity contribution in [1.82, 2.24) is 4.72 Å². The lowest BCUT2D eigenvalue weighted by Crippen LogP contribution is -2.34. The molecule has 0 spiro atoms. The maximum Gasteiger partial charge on any atom is 0.243 e. The average molecular weight is 349 g/mol. The Hall–Kier alpha value is -0.0800. The summed E-state index contributed by atoms with van der Waals surface area (Å²) in [6, 6.07) is 2.55. The van der Waals surface area contributed by atoms with Gasteiger partial charge in [-0.05, 0) is 12.1 Å². The highest BCUT2D eigenvalue weighted by Gasteiger charge is 2.23. The third-order valence-corrected chi connectivity index (χ3v) is 4.66. The normalized spacial score (nSPS) is 13.5. The van der Waals surface area contributed by atoms with Crippen molar-refractivity contribution in [3.63, 3.8) is 0 Å². The van der Waals surface area contributed by atoms with Crippen molar-refractivity contribution in [2.75, 3.05) is 20.3 Å². The lowest BCUT2D eigenvalue weighted by molar-refractivity contribution is 0.0679. The highest BCUT2D eigenvalue weighted by molar-refractivity contribution is 7.89. The average Bonchev–Trinajstić information content (AvgIpc) is 2.25. The second kappa shape index (κ2) is 7.08. The SMILES string of the molecule is COCC(O)CNS(=O)(=O)c1c(Cl)cc(Cl)cc1Cl. The predicted molar refractivity (Wildman–Crippen MR) is 74.5 cm³/mol. The molecule has 0 aliphatic heterocycles. The van der Waals surface area contributed by atoms with Crippen LogP contribution in [0.5, 0.6) is 0 Å². The second-order valence-corrected chi connectivity index (χ2v) is 6.61. The molecule has 0 saturated heterocycles. The van der Waals surface area contributed by atoms with Gasteiger partial charge in [0.05, 0.1) is 22.8 Å². The van der Waals surface area contributed by atoms with Crippen molar-refractivity contribution in [3.05, 3.63) is 27.2 Å². The van der Waals surface area contributed by atoms with Crippen molar-refractivity contribution in [3.8, 4) is 0 Å². The van der Waals surface area contributed by atoms with Gasteiger partial charge in [-0.25, -0.2) is 13.1 Å². The molecule has 1 rings (SSSR count). The van der Waals surface area contributed by atoms with E-state index in [0.29, 0.717) is 0 Å². The van der Waals surface area contributed by atoms with E-state index in [0.717, 1.165) is 0 Å². The van der Waals surface area contributed by atoms with Crippen molar-refractivity contribution < 1.29 is 18.3 Å². The summed E-state index contributed by atoms with van der Waals surface area (Å²) in [7, 11) is -2.55. The summed E-state index contributed by atoms with van der Waals surface area (Å²) in [5, 5.41) is 9.45. The summed E-state index contributed by atoms with van der Waals surface area (Å²) in [5.41, 5.74) is 0. The molecule has 1 atom stereocenters. The standard InChI is InChI=1S/C10H12Cl3NO4S/c1-18-5-7(15)4-14-19(16,17)10-8(12)2-6(11)3-9(10)13/h2-3,7,14-15H,4-5H2,1H3. The number of hydrogen-bond donors (Lipinski definition) is 2. The summed E-state index contributed by atoms with van der Waals surface area (Å²) >= 11 is 17.3. The minimum Gasteiger partial charge on any atom is -0.389 e. The van der Waals surface area contributed by atoms with Crippen molar-refractivity contribution >= 4 is 44.8 Å². The van der Waals surface area contributed by atoms with Crippen molar-refractivity contribution in [1.29, 1.82) is 0 Å². The Kier molecular flexibility index (Phi) is 6.32. The van der Waals surface area contributed by atoms with Crippen LogP contribution >= 0.6 is 34.8 Å². The summed E-state index contributed by atoms with van der Waals surface area (Å²) in [5.74, 6) is 0. The van der Waals surface area contributed by atoms with Gasteiger partial charge in [-0.15, -0.1) is 0 Å². The number of methoxy groups -OCH3 is 1. The summed E-state index contributed by atoms with van der Waals surface area (Å²) in [6.45, 7) is -0.212. The van der Waals surface area contributed by atoms with Crippen LogP contribution in [-0.4, -0.2) is 39.9 Å². The Morgan fingerprint density at radius 1 is 1.32 bits per heavy atom. The summed E-state index contributed by atoms with van der Waals surface area (Å²) < 4.78 is 30.9. The fourth-order valence-electron chi connectivity index (χ4n) is 1.32. The van der Waals surface area contributed by atoms with Gasteiger partial charge >= 0.3 is 0 Å². The minimum absolute atomic E-state index is 0.00457. The van der Waals surface area contributed by atoms with Gasteiger partial charge in [-0.2, -0.15) is 0 Å². The molecule has 0 aliphatic carbocycles. The predicted octanol–water partition coefficient (Wildman–Crippen LogP) is 1.93. The molecule has 0 saturated carbocycles. The molecular formula is C10H12Cl3NO4S. The molecule has 0 bridgehead atoms. The van der Waals surface area contributed by atoms with Crippen LogP contribution in [-0.2, 0) is 14.8 Å². The number of rotatable bonds is 6. The maximum atomic E-state index is 12.0. The molecule has 1 aromatic carbocycles. The molecule has 9 heteroatoms. The largest absolute Gasteiger partial charge is 0.389 e. The molecule has 0 aromatic heterocycles. The molecule has 1 unspecified atom stereocenters. The molecule has 2 N–H and O–H groups in total. The summed E-state index contributed by atoms with van der Waals surface area (Å²) in [6.07, 6.45) is -0.968. The minimum atomic E-state index is -3.94. The van der Waals surface area contributed by atoms with E-state index < -0.39 is 16.1 Å². The van der Waals surface area contributed by atoms with Crippen LogP contribution in [0, 0.1) is 0 Å². The van der Waals surface area contributed by atoms with Gasteiger partial charge in [0.1, 0.15) is 4.90 Å². The number of nitrogens with one attached hydrogen (secondary N) is 1. The Morgan fingerprint density at radius 3 is 2.32 bits per heavy atom. The van der Waals surface area contributed by atoms with Crippen LogP contribution in [0.1, 0.15) is 0 Å². The number of aliphatic hydroxyl groups is 1. The fourth-order valence-corrected chi connectivity index (χ4v) is 3.93. The van der Waals surface area contributed by atoms with Crippen LogP contribution in [0.15, 0.2) is 17.0 Å². The van der Waals surface area contributed by atoms with Crippen LogP contribution in [0.4, 0.5) is 0 Å². The maximum absolute atomic E-state index is 12.0. The van der Waals surface area contributed by atoms with E-state index >= 15 is 0 Å². The smallest absolute Gasteiger partial charge is 0.243 e. The molecule has 1 aromatic rings. The number of sulfonamides is 1. The zero-order valence-corrected chi connectivity index (χ0v) is 12.9. The van der Waals surface area contributed by atoms with Gasteiger partial charge in [0.2, 0.25) is 10.0 Å². The molecule has 0 radical (unpaired) electrons. The highest BCUT2D eigenvalue weighted by Crippen LogP contribution is 2.32. The lowest BCUT2D eigenvalue weighted by atomic mass is 10.4. The van der Waals surface area contributed by atoms with Crippen LogP contribution in [0.2, 0.25) is 15.1 Å². The van der Waals surface area contributed by atoms with E-state index in [-0.39, 0.29) is 33.1 Å². The fraction of sp³-hybridized carbons (Fsp3) is 0.400. The van der Waals surface area contributed by atoms with Crippen LogP contribution in [0.3, 0.4) is 0 Å². The second-order valence-electron chi connectivity index (χ2n) is 3.66. The first-order chi connectivity index (χ1) is 8.77. The van der Waals surface area contributed by atoms with Crippen molar-refractivity contribution in [2.24, 2.45) is 0 Å². The van der Waals surface area contributed by atoms with E-state index in [4.69, 9.17) is 34.8 Å². The van der Waals surface area contributed by atoms with Crippen molar-refractivity contribution in [2.45, 2.75) is 11.0 Å². The molecule has 0 fully saturated rings. The quantitative estimate of drug-likeness (QED) is 0.824. The first-order valence-electron chi connectivity index (χ1n) is 5.09. The lowest BCUT2D eigenvalue weighted by Gasteiger charge is -2.13. The number of aliphatic hydroxyl groups excluding tert-OH is 1. The highest BCUT2D eigenvalue weighted by atomic mass is 35.5. The van der Waals surface area contributed by atoms with E-state index in [2.05, 4.69) is 9.46 Å². The van der Waals surface area contributed by atoms with Gasteiger partial charge < -0.3 is 9.84 Å². The molecule has 0 heterocycles. The molecule has 0 aliphatic rings. The van der Waals surface area contributed by atoms with E-state index in [9.17, 15) is 13.5 Å². The number of ether oxygens (including phenoxy) is 1. The van der Waals surface area contributed by atoms with Crippen LogP contribution < -0.4 is 4.72 Å². The Bertz CT molecular complexity index is 527. The first-order valence-corrected chi connectivity index (χ1v) is 7.71. The number of halogens is 3. The Morgan fingerprint density at radius 2 is 1.84 bits per heavy atom. The van der Waals surface area contributed by atoms with E-state index in [1.54, 1.807) is 0 Å². The summed E-state index contributed by atoms with van der Waals surface area (Å²) in [4.78, 5) is -0.273. The monoisotopic (exact) mass is 347 g/mol. The third kappa shape index (κ3) is 4.75. The first kappa shape index (κ1) is 17.0. The Balaban J connectivity index is 2.95. The van der Waals surface area contributed by atoms with Gasteiger partial charge in [0.15, 0.2) is 0 Å². The molecule has 19 heavy (non-hydrogen) atoms. The van der Waals surface area contributed by atoms with Gasteiger partial charge in [-0.1, -0.05) is 34.8 Å². The van der Waals surface area contributed by atoms with E-state index in [1.165, 1.54) is 19.2 Å². The topological polar surface area (TPSA) is 75.6 Å². The van der Waals surface area contributed by atoms with Crippen LogP contribution in [0.25, 0.3) is 0 Å². The molecular weight excluding hydrogens is 337 g/mol. The third-order valence-electron chi connectivity index (χ3n) is 2.10. The van der Waals surface area contributed by atoms with E-state index in [1.807, 2.05) is 0 Å². The zero-order chi connectivity index (χ0) is 14.6. The number of benzene rings is 1. The molecule has 0 amide bonds. The van der Waals surface area contributed by atoms with Gasteiger partial charge in [0, 0.05) is 18.7 Å². The molecule has 5 nitrogen and oxygen atoms in total.